The summed E-state index contributed by atoms with van der Waals surface area (Å²) in [5.74, 6) is -0.744. The van der Waals surface area contributed by atoms with E-state index in [9.17, 15) is 9.90 Å². The average Bonchev–Trinajstić information content (AvgIpc) is 2.13. The normalized spacial score (nSPS) is 32.8. The van der Waals surface area contributed by atoms with Crippen molar-refractivity contribution in [1.82, 2.24) is 5.32 Å². The van der Waals surface area contributed by atoms with Crippen LogP contribution in [0.3, 0.4) is 0 Å². The number of primary amides is 1. The van der Waals surface area contributed by atoms with E-state index in [0.29, 0.717) is 12.8 Å². The minimum absolute atomic E-state index is 0.356. The summed E-state index contributed by atoms with van der Waals surface area (Å²) in [6.07, 6.45) is 0.715. The molecule has 2 unspecified atom stereocenters. The van der Waals surface area contributed by atoms with Crippen LogP contribution in [-0.2, 0) is 4.79 Å². The number of aliphatic hydroxyl groups excluding tert-OH is 1. The highest BCUT2D eigenvalue weighted by atomic mass is 16.3. The highest BCUT2D eigenvalue weighted by molar-refractivity contribution is 5.77. The molecule has 0 aromatic carbocycles. The molecule has 4 N–H and O–H groups in total. The van der Waals surface area contributed by atoms with Gasteiger partial charge < -0.3 is 16.2 Å². The Kier molecular flexibility index (Phi) is 2.84. The van der Waals surface area contributed by atoms with Gasteiger partial charge in [-0.3, -0.25) is 4.79 Å². The molecule has 2 atom stereocenters. The van der Waals surface area contributed by atoms with E-state index in [-0.39, 0.29) is 11.8 Å². The first kappa shape index (κ1) is 8.49. The maximum atomic E-state index is 10.8. The van der Waals surface area contributed by atoms with E-state index in [0.717, 1.165) is 13.1 Å². The van der Waals surface area contributed by atoms with Crippen molar-refractivity contribution in [2.45, 2.75) is 18.9 Å². The third-order valence-corrected chi connectivity index (χ3v) is 2.08. The number of rotatable bonds is 1. The zero-order chi connectivity index (χ0) is 8.27. The molecule has 1 saturated heterocycles. The van der Waals surface area contributed by atoms with E-state index in [1.54, 1.807) is 0 Å². The summed E-state index contributed by atoms with van der Waals surface area (Å²) < 4.78 is 0. The first-order chi connectivity index (χ1) is 5.22. The van der Waals surface area contributed by atoms with Crippen molar-refractivity contribution in [1.29, 1.82) is 0 Å². The van der Waals surface area contributed by atoms with Crippen molar-refractivity contribution in [3.05, 3.63) is 0 Å². The third-order valence-electron chi connectivity index (χ3n) is 2.08. The van der Waals surface area contributed by atoms with Gasteiger partial charge in [-0.25, -0.2) is 0 Å². The number of aliphatic hydroxyl groups is 1. The number of hydrogen-bond acceptors (Lipinski definition) is 3. The van der Waals surface area contributed by atoms with Crippen LogP contribution in [0.15, 0.2) is 0 Å². The molecular formula is C7H14N2O2. The van der Waals surface area contributed by atoms with Crippen LogP contribution in [0.25, 0.3) is 0 Å². The summed E-state index contributed by atoms with van der Waals surface area (Å²) in [6.45, 7) is 1.54. The van der Waals surface area contributed by atoms with E-state index in [2.05, 4.69) is 5.32 Å². The van der Waals surface area contributed by atoms with Crippen molar-refractivity contribution in [2.24, 2.45) is 11.7 Å². The monoisotopic (exact) mass is 158 g/mol. The van der Waals surface area contributed by atoms with Crippen molar-refractivity contribution in [3.8, 4) is 0 Å². The van der Waals surface area contributed by atoms with Crippen LogP contribution in [0, 0.1) is 5.92 Å². The van der Waals surface area contributed by atoms with E-state index >= 15 is 0 Å². The molecule has 0 aromatic heterocycles. The molecule has 0 aliphatic carbocycles. The van der Waals surface area contributed by atoms with E-state index < -0.39 is 6.10 Å². The number of carbonyl (C=O) groups excluding carboxylic acids is 1. The summed E-state index contributed by atoms with van der Waals surface area (Å²) in [5, 5.41) is 12.5. The molecule has 1 amide bonds. The van der Waals surface area contributed by atoms with Crippen LogP contribution in [0.1, 0.15) is 12.8 Å². The summed E-state index contributed by atoms with van der Waals surface area (Å²) in [6, 6.07) is 0. The van der Waals surface area contributed by atoms with Crippen molar-refractivity contribution < 1.29 is 9.90 Å². The number of hydrogen-bond donors (Lipinski definition) is 3. The lowest BCUT2D eigenvalue weighted by molar-refractivity contribution is -0.125. The summed E-state index contributed by atoms with van der Waals surface area (Å²) >= 11 is 0. The molecule has 64 valence electrons. The highest BCUT2D eigenvalue weighted by Gasteiger charge is 2.25. The second-order valence-electron chi connectivity index (χ2n) is 2.90. The van der Waals surface area contributed by atoms with Gasteiger partial charge in [-0.05, 0) is 25.9 Å². The number of carbonyl (C=O) groups is 1. The Labute approximate surface area is 65.8 Å². The van der Waals surface area contributed by atoms with Crippen LogP contribution in [0.2, 0.25) is 0 Å². The molecule has 1 fully saturated rings. The van der Waals surface area contributed by atoms with Gasteiger partial charge in [-0.1, -0.05) is 0 Å². The number of nitrogens with one attached hydrogen (secondary N) is 1. The fraction of sp³-hybridized carbons (Fsp3) is 0.857. The molecule has 0 spiro atoms. The first-order valence-electron chi connectivity index (χ1n) is 3.90. The maximum Gasteiger partial charge on any atom is 0.223 e. The van der Waals surface area contributed by atoms with Gasteiger partial charge in [-0.2, -0.15) is 0 Å². The fourth-order valence-corrected chi connectivity index (χ4v) is 1.36. The third kappa shape index (κ3) is 2.17. The zero-order valence-corrected chi connectivity index (χ0v) is 6.42. The maximum absolute atomic E-state index is 10.8. The Morgan fingerprint density at radius 3 is 2.73 bits per heavy atom. The van der Waals surface area contributed by atoms with Gasteiger partial charge in [0.15, 0.2) is 0 Å². The zero-order valence-electron chi connectivity index (χ0n) is 6.42. The summed E-state index contributed by atoms with van der Waals surface area (Å²) in [4.78, 5) is 10.8. The van der Waals surface area contributed by atoms with Gasteiger partial charge in [0, 0.05) is 0 Å². The van der Waals surface area contributed by atoms with Crippen LogP contribution in [0.5, 0.6) is 0 Å². The Hall–Kier alpha value is -0.610. The molecule has 0 bridgehead atoms. The fourth-order valence-electron chi connectivity index (χ4n) is 1.36. The predicted molar refractivity (Wildman–Crippen MR) is 40.8 cm³/mol. The second kappa shape index (κ2) is 3.69. The number of amides is 1. The largest absolute Gasteiger partial charge is 0.392 e. The molecule has 0 radical (unpaired) electrons. The van der Waals surface area contributed by atoms with Crippen LogP contribution >= 0.6 is 0 Å². The van der Waals surface area contributed by atoms with Gasteiger partial charge in [0.25, 0.3) is 0 Å². The van der Waals surface area contributed by atoms with E-state index in [1.165, 1.54) is 0 Å². The Bertz CT molecular complexity index is 149. The summed E-state index contributed by atoms with van der Waals surface area (Å²) in [7, 11) is 0. The van der Waals surface area contributed by atoms with Crippen molar-refractivity contribution in [3.63, 3.8) is 0 Å². The van der Waals surface area contributed by atoms with Gasteiger partial charge in [0.2, 0.25) is 5.91 Å². The van der Waals surface area contributed by atoms with E-state index in [4.69, 9.17) is 5.73 Å². The minimum Gasteiger partial charge on any atom is -0.392 e. The van der Waals surface area contributed by atoms with Crippen LogP contribution < -0.4 is 11.1 Å². The lowest BCUT2D eigenvalue weighted by atomic mass is 9.97. The molecule has 0 saturated carbocycles. The minimum atomic E-state index is -0.553. The highest BCUT2D eigenvalue weighted by Crippen LogP contribution is 2.13. The standard InChI is InChI=1S/C7H14N2O2/c8-7(11)5-1-3-9-4-2-6(5)10/h5-6,9-10H,1-4H2,(H2,8,11). The smallest absolute Gasteiger partial charge is 0.223 e. The molecule has 4 nitrogen and oxygen atoms in total. The van der Waals surface area contributed by atoms with Gasteiger partial charge >= 0.3 is 0 Å². The first-order valence-corrected chi connectivity index (χ1v) is 3.90. The van der Waals surface area contributed by atoms with Crippen molar-refractivity contribution in [2.75, 3.05) is 13.1 Å². The van der Waals surface area contributed by atoms with Crippen molar-refractivity contribution >= 4 is 5.91 Å². The quantitative estimate of drug-likeness (QED) is 0.450. The second-order valence-corrected chi connectivity index (χ2v) is 2.90. The topological polar surface area (TPSA) is 75.4 Å². The number of nitrogens with two attached hydrogens (primary N) is 1. The van der Waals surface area contributed by atoms with Gasteiger partial charge in [0.05, 0.1) is 12.0 Å². The molecule has 1 heterocycles. The molecule has 1 rings (SSSR count). The lowest BCUT2D eigenvalue weighted by Gasteiger charge is -2.15. The molecule has 1 aliphatic rings. The Morgan fingerprint density at radius 2 is 2.09 bits per heavy atom. The molecule has 0 aromatic rings. The lowest BCUT2D eigenvalue weighted by Crippen LogP contribution is -2.33. The summed E-state index contributed by atoms with van der Waals surface area (Å²) in [5.41, 5.74) is 5.10. The van der Waals surface area contributed by atoms with Gasteiger partial charge in [-0.15, -0.1) is 0 Å². The van der Waals surface area contributed by atoms with Crippen LogP contribution in [-0.4, -0.2) is 30.2 Å². The Morgan fingerprint density at radius 1 is 1.45 bits per heavy atom. The van der Waals surface area contributed by atoms with E-state index in [1.807, 2.05) is 0 Å². The molecule has 1 aliphatic heterocycles. The average molecular weight is 158 g/mol. The molecule has 11 heavy (non-hydrogen) atoms. The predicted octanol–water partition coefficient (Wildman–Crippen LogP) is -1.17. The molecular weight excluding hydrogens is 144 g/mol. The van der Waals surface area contributed by atoms with Gasteiger partial charge in [0.1, 0.15) is 0 Å². The Balaban J connectivity index is 2.52. The SMILES string of the molecule is NC(=O)C1CCNCCC1O. The molecule has 4 heteroatoms. The van der Waals surface area contributed by atoms with Crippen LogP contribution in [0.4, 0.5) is 0 Å².